The number of ether oxygens (including phenoxy) is 1. The summed E-state index contributed by atoms with van der Waals surface area (Å²) in [6, 6.07) is 11.3. The van der Waals surface area contributed by atoms with Gasteiger partial charge in [0.15, 0.2) is 0 Å². The third-order valence-electron chi connectivity index (χ3n) is 2.68. The molecule has 0 aliphatic rings. The number of anilines is 2. The van der Waals surface area contributed by atoms with Gasteiger partial charge >= 0.3 is 0 Å². The molecule has 0 saturated heterocycles. The number of nitrogens with two attached hydrogens (primary N) is 1. The van der Waals surface area contributed by atoms with Gasteiger partial charge in [-0.1, -0.05) is 0 Å². The molecule has 0 atom stereocenters. The monoisotopic (exact) mass is 352 g/mol. The predicted octanol–water partition coefficient (Wildman–Crippen LogP) is 3.58. The summed E-state index contributed by atoms with van der Waals surface area (Å²) in [6.45, 7) is 0.169. The van der Waals surface area contributed by atoms with E-state index in [0.29, 0.717) is 21.6 Å². The quantitative estimate of drug-likeness (QED) is 0.808. The molecule has 2 aromatic rings. The van der Waals surface area contributed by atoms with Crippen LogP contribution in [0.3, 0.4) is 0 Å². The number of amides is 1. The van der Waals surface area contributed by atoms with Crippen LogP contribution < -0.4 is 15.8 Å². The summed E-state index contributed by atoms with van der Waals surface area (Å²) >= 11 is 3.06. The van der Waals surface area contributed by atoms with Gasteiger partial charge in [0, 0.05) is 17.4 Å². The molecule has 0 aliphatic carbocycles. The number of nitrogen functional groups attached to an aromatic ring is 1. The molecular weight excluding hydrogens is 339 g/mol. The van der Waals surface area contributed by atoms with Crippen molar-refractivity contribution in [2.45, 2.75) is 6.42 Å². The van der Waals surface area contributed by atoms with Crippen molar-refractivity contribution in [3.8, 4) is 5.75 Å². The van der Waals surface area contributed by atoms with Gasteiger partial charge in [-0.05, 0) is 52.3 Å². The van der Waals surface area contributed by atoms with Crippen molar-refractivity contribution in [3.63, 3.8) is 0 Å². The molecule has 0 bridgehead atoms. The van der Waals surface area contributed by atoms with Crippen LogP contribution in [0.1, 0.15) is 6.42 Å². The Morgan fingerprint density at radius 1 is 1.24 bits per heavy atom. The minimum Gasteiger partial charge on any atom is -0.493 e. The maximum absolute atomic E-state index is 13.3. The van der Waals surface area contributed by atoms with Crippen molar-refractivity contribution in [1.29, 1.82) is 0 Å². The molecule has 2 aromatic carbocycles. The number of hydrogen-bond acceptors (Lipinski definition) is 3. The zero-order chi connectivity index (χ0) is 15.2. The number of halogens is 2. The van der Waals surface area contributed by atoms with Gasteiger partial charge in [0.25, 0.3) is 0 Å². The highest BCUT2D eigenvalue weighted by Gasteiger charge is 2.05. The van der Waals surface area contributed by atoms with Crippen LogP contribution in [0.25, 0.3) is 0 Å². The molecule has 0 radical (unpaired) electrons. The number of hydrogen-bond donors (Lipinski definition) is 2. The molecule has 3 N–H and O–H groups in total. The van der Waals surface area contributed by atoms with Crippen LogP contribution in [0.5, 0.6) is 5.75 Å². The predicted molar refractivity (Wildman–Crippen MR) is 83.7 cm³/mol. The lowest BCUT2D eigenvalue weighted by Crippen LogP contribution is -2.15. The first-order valence-corrected chi connectivity index (χ1v) is 7.07. The van der Waals surface area contributed by atoms with Gasteiger partial charge < -0.3 is 15.8 Å². The van der Waals surface area contributed by atoms with E-state index < -0.39 is 5.82 Å². The average molecular weight is 353 g/mol. The van der Waals surface area contributed by atoms with Crippen molar-refractivity contribution in [2.75, 3.05) is 17.7 Å². The SMILES string of the molecule is Nc1ccc(NC(=O)CCOc2ccc(Br)c(F)c2)cc1. The molecule has 0 aromatic heterocycles. The lowest BCUT2D eigenvalue weighted by molar-refractivity contribution is -0.116. The number of nitrogens with one attached hydrogen (secondary N) is 1. The molecule has 2 rings (SSSR count). The highest BCUT2D eigenvalue weighted by molar-refractivity contribution is 9.10. The van der Waals surface area contributed by atoms with E-state index in [2.05, 4.69) is 21.2 Å². The summed E-state index contributed by atoms with van der Waals surface area (Å²) in [5.74, 6) is -0.202. The van der Waals surface area contributed by atoms with E-state index in [4.69, 9.17) is 10.5 Å². The van der Waals surface area contributed by atoms with Crippen LogP contribution in [-0.2, 0) is 4.79 Å². The van der Waals surface area contributed by atoms with Gasteiger partial charge in [-0.25, -0.2) is 4.39 Å². The van der Waals surface area contributed by atoms with Crippen molar-refractivity contribution < 1.29 is 13.9 Å². The Hall–Kier alpha value is -2.08. The Labute approximate surface area is 130 Å². The molecule has 0 heterocycles. The number of benzene rings is 2. The van der Waals surface area contributed by atoms with E-state index in [0.717, 1.165) is 0 Å². The Balaban J connectivity index is 1.78. The van der Waals surface area contributed by atoms with Crippen LogP contribution in [0.2, 0.25) is 0 Å². The maximum atomic E-state index is 13.3. The molecule has 21 heavy (non-hydrogen) atoms. The minimum atomic E-state index is -0.404. The van der Waals surface area contributed by atoms with E-state index in [1.165, 1.54) is 6.07 Å². The summed E-state index contributed by atoms with van der Waals surface area (Å²) in [4.78, 5) is 11.7. The van der Waals surface area contributed by atoms with Gasteiger partial charge in [-0.15, -0.1) is 0 Å². The van der Waals surface area contributed by atoms with Crippen LogP contribution in [-0.4, -0.2) is 12.5 Å². The third kappa shape index (κ3) is 4.75. The second-order valence-electron chi connectivity index (χ2n) is 4.34. The van der Waals surface area contributed by atoms with Crippen LogP contribution in [0.4, 0.5) is 15.8 Å². The van der Waals surface area contributed by atoms with Crippen molar-refractivity contribution in [1.82, 2.24) is 0 Å². The molecule has 1 amide bonds. The summed E-state index contributed by atoms with van der Waals surface area (Å²) in [5.41, 5.74) is 6.86. The van der Waals surface area contributed by atoms with E-state index in [1.54, 1.807) is 36.4 Å². The van der Waals surface area contributed by atoms with Crippen LogP contribution >= 0.6 is 15.9 Å². The molecule has 0 unspecified atom stereocenters. The summed E-state index contributed by atoms with van der Waals surface area (Å²) in [6.07, 6.45) is 0.169. The maximum Gasteiger partial charge on any atom is 0.227 e. The number of carbonyl (C=O) groups is 1. The standard InChI is InChI=1S/C15H14BrFN2O2/c16-13-6-5-12(9-14(13)17)21-8-7-15(20)19-11-3-1-10(18)2-4-11/h1-6,9H,7-8,18H2,(H,19,20). The van der Waals surface area contributed by atoms with E-state index in [1.807, 2.05) is 0 Å². The van der Waals surface area contributed by atoms with Crippen molar-refractivity contribution in [3.05, 3.63) is 52.8 Å². The second kappa shape index (κ2) is 7.08. The Morgan fingerprint density at radius 3 is 2.62 bits per heavy atom. The zero-order valence-corrected chi connectivity index (χ0v) is 12.7. The van der Waals surface area contributed by atoms with Crippen molar-refractivity contribution >= 4 is 33.2 Å². The average Bonchev–Trinajstić information content (AvgIpc) is 2.45. The molecule has 0 spiro atoms. The molecule has 0 aliphatic heterocycles. The molecule has 6 heteroatoms. The first-order valence-electron chi connectivity index (χ1n) is 6.28. The minimum absolute atomic E-state index is 0.169. The van der Waals surface area contributed by atoms with Gasteiger partial charge in [-0.3, -0.25) is 4.79 Å². The summed E-state index contributed by atoms with van der Waals surface area (Å²) < 4.78 is 19.0. The summed E-state index contributed by atoms with van der Waals surface area (Å²) in [7, 11) is 0. The smallest absolute Gasteiger partial charge is 0.227 e. The van der Waals surface area contributed by atoms with E-state index in [-0.39, 0.29) is 18.9 Å². The fraction of sp³-hybridized carbons (Fsp3) is 0.133. The highest BCUT2D eigenvalue weighted by atomic mass is 79.9. The lowest BCUT2D eigenvalue weighted by Gasteiger charge is -2.08. The van der Waals surface area contributed by atoms with Gasteiger partial charge in [0.05, 0.1) is 17.5 Å². The topological polar surface area (TPSA) is 64.3 Å². The number of rotatable bonds is 5. The third-order valence-corrected chi connectivity index (χ3v) is 3.33. The van der Waals surface area contributed by atoms with Gasteiger partial charge in [0.2, 0.25) is 5.91 Å². The molecule has 0 fully saturated rings. The van der Waals surface area contributed by atoms with Gasteiger partial charge in [-0.2, -0.15) is 0 Å². The molecule has 110 valence electrons. The molecule has 4 nitrogen and oxygen atoms in total. The van der Waals surface area contributed by atoms with E-state index in [9.17, 15) is 9.18 Å². The Bertz CT molecular complexity index is 632. The first kappa shape index (κ1) is 15.3. The molecule has 0 saturated carbocycles. The largest absolute Gasteiger partial charge is 0.493 e. The van der Waals surface area contributed by atoms with Crippen LogP contribution in [0.15, 0.2) is 46.9 Å². The Kier molecular flexibility index (Phi) is 5.16. The fourth-order valence-corrected chi connectivity index (χ4v) is 1.86. The van der Waals surface area contributed by atoms with E-state index >= 15 is 0 Å². The lowest BCUT2D eigenvalue weighted by atomic mass is 10.3. The summed E-state index contributed by atoms with van der Waals surface area (Å²) in [5, 5.41) is 2.72. The zero-order valence-electron chi connectivity index (χ0n) is 11.1. The van der Waals surface area contributed by atoms with Crippen LogP contribution in [0, 0.1) is 5.82 Å². The highest BCUT2D eigenvalue weighted by Crippen LogP contribution is 2.21. The second-order valence-corrected chi connectivity index (χ2v) is 5.20. The van der Waals surface area contributed by atoms with Crippen molar-refractivity contribution in [2.24, 2.45) is 0 Å². The van der Waals surface area contributed by atoms with Gasteiger partial charge in [0.1, 0.15) is 11.6 Å². The normalized spacial score (nSPS) is 10.2. The number of carbonyl (C=O) groups excluding carboxylic acids is 1. The first-order chi connectivity index (χ1) is 10.0. The molecular formula is C15H14BrFN2O2. The fourth-order valence-electron chi connectivity index (χ4n) is 1.62. The Morgan fingerprint density at radius 2 is 1.95 bits per heavy atom.